The monoisotopic (exact) mass is 604 g/mol. The predicted octanol–water partition coefficient (Wildman–Crippen LogP) is 5.17. The third-order valence-corrected chi connectivity index (χ3v) is 8.73. The number of benzene rings is 1. The smallest absolute Gasteiger partial charge is 0.419 e. The van der Waals surface area contributed by atoms with Crippen LogP contribution >= 0.6 is 11.3 Å². The molecular weight excluding hydrogens is 573 g/mol. The van der Waals surface area contributed by atoms with Gasteiger partial charge in [0.15, 0.2) is 5.13 Å². The number of piperidine rings is 1. The molecule has 1 aromatic carbocycles. The van der Waals surface area contributed by atoms with Crippen molar-refractivity contribution in [2.24, 2.45) is 5.92 Å². The van der Waals surface area contributed by atoms with Crippen molar-refractivity contribution in [3.63, 3.8) is 0 Å². The first kappa shape index (κ1) is 29.7. The molecule has 5 rings (SSSR count). The summed E-state index contributed by atoms with van der Waals surface area (Å²) < 4.78 is 46.2. The fourth-order valence-electron chi connectivity index (χ4n) is 5.35. The Hall–Kier alpha value is -3.78. The first-order valence-electron chi connectivity index (χ1n) is 13.6. The number of hydrogen-bond donors (Lipinski definition) is 2. The van der Waals surface area contributed by atoms with Crippen LogP contribution in [0, 0.1) is 5.92 Å². The summed E-state index contributed by atoms with van der Waals surface area (Å²) in [7, 11) is 1.19. The molecule has 224 valence electrons. The first-order valence-corrected chi connectivity index (χ1v) is 14.5. The number of likely N-dealkylation sites (tertiary alicyclic amines) is 1. The highest BCUT2D eigenvalue weighted by Gasteiger charge is 2.35. The Morgan fingerprint density at radius 2 is 1.90 bits per heavy atom. The number of carbonyl (C=O) groups excluding carboxylic acids is 1. The Balaban J connectivity index is 1.37. The summed E-state index contributed by atoms with van der Waals surface area (Å²) in [5.74, 6) is -1.46. The second-order valence-corrected chi connectivity index (χ2v) is 11.6. The number of aromatic nitrogens is 3. The number of rotatable bonds is 8. The van der Waals surface area contributed by atoms with Crippen LogP contribution in [0.4, 0.5) is 24.1 Å². The van der Waals surface area contributed by atoms with Crippen LogP contribution in [-0.4, -0.2) is 69.6 Å². The minimum Gasteiger partial charge on any atom is -0.496 e. The highest BCUT2D eigenvalue weighted by atomic mass is 32.1. The normalized spacial score (nSPS) is 18.3. The van der Waals surface area contributed by atoms with E-state index in [1.54, 1.807) is 0 Å². The van der Waals surface area contributed by atoms with E-state index in [-0.39, 0.29) is 28.1 Å². The largest absolute Gasteiger partial charge is 0.496 e. The van der Waals surface area contributed by atoms with Crippen molar-refractivity contribution in [2.45, 2.75) is 51.4 Å². The number of ether oxygens (including phenoxy) is 1. The molecular formula is C28H31F3N6O4S. The standard InChI is InChI=1S/C28H31F3N6O4S/c1-16-4-3-9-37(16)15-22-24(18-5-6-21(41-2)19(12-18)28(29,30)31)34-27(42-22)35-25(38)20-13-33-23(14-32-20)36-10-7-17(8-11-36)26(39)40/h5-6,12-14,16-17H,3-4,7-11,15H2,1-2H3,(H,39,40)(H,34,35,38). The number of aliphatic carboxylic acids is 1. The second-order valence-electron chi connectivity index (χ2n) is 10.5. The summed E-state index contributed by atoms with van der Waals surface area (Å²) in [4.78, 5) is 42.3. The molecule has 1 amide bonds. The number of carbonyl (C=O) groups is 2. The Bertz CT molecular complexity index is 1440. The van der Waals surface area contributed by atoms with Gasteiger partial charge >= 0.3 is 12.1 Å². The topological polar surface area (TPSA) is 121 Å². The van der Waals surface area contributed by atoms with Gasteiger partial charge in [0.2, 0.25) is 0 Å². The molecule has 2 aliphatic rings. The van der Waals surface area contributed by atoms with Crippen LogP contribution < -0.4 is 15.0 Å². The third-order valence-electron chi connectivity index (χ3n) is 7.77. The van der Waals surface area contributed by atoms with Crippen LogP contribution in [0.15, 0.2) is 30.6 Å². The van der Waals surface area contributed by atoms with Gasteiger partial charge in [-0.05, 0) is 57.4 Å². The summed E-state index contributed by atoms with van der Waals surface area (Å²) in [5.41, 5.74) is -0.204. The average molecular weight is 605 g/mol. The number of carboxylic acids is 1. The van der Waals surface area contributed by atoms with E-state index in [9.17, 15) is 27.9 Å². The fourth-order valence-corrected chi connectivity index (χ4v) is 6.35. The van der Waals surface area contributed by atoms with Crippen molar-refractivity contribution in [3.8, 4) is 17.0 Å². The molecule has 0 bridgehead atoms. The summed E-state index contributed by atoms with van der Waals surface area (Å²) >= 11 is 1.22. The Labute approximate surface area is 244 Å². The Kier molecular flexibility index (Phi) is 8.64. The number of carboxylic acid groups (broad SMARTS) is 1. The molecule has 0 radical (unpaired) electrons. The van der Waals surface area contributed by atoms with Gasteiger partial charge in [-0.25, -0.2) is 15.0 Å². The van der Waals surface area contributed by atoms with Crippen molar-refractivity contribution in [3.05, 3.63) is 46.7 Å². The molecule has 2 N–H and O–H groups in total. The molecule has 1 unspecified atom stereocenters. The van der Waals surface area contributed by atoms with Crippen LogP contribution in [0.3, 0.4) is 0 Å². The quantitative estimate of drug-likeness (QED) is 0.359. The number of amides is 1. The number of methoxy groups -OCH3 is 1. The van der Waals surface area contributed by atoms with Gasteiger partial charge in [0.1, 0.15) is 17.3 Å². The lowest BCUT2D eigenvalue weighted by molar-refractivity contribution is -0.142. The van der Waals surface area contributed by atoms with Crippen molar-refractivity contribution in [1.82, 2.24) is 19.9 Å². The zero-order valence-corrected chi connectivity index (χ0v) is 24.0. The highest BCUT2D eigenvalue weighted by Crippen LogP contribution is 2.41. The molecule has 2 aliphatic heterocycles. The summed E-state index contributed by atoms with van der Waals surface area (Å²) in [6, 6.07) is 4.16. The molecule has 2 aromatic heterocycles. The molecule has 10 nitrogen and oxygen atoms in total. The lowest BCUT2D eigenvalue weighted by Crippen LogP contribution is -2.36. The molecule has 0 spiro atoms. The lowest BCUT2D eigenvalue weighted by Gasteiger charge is -2.30. The van der Waals surface area contributed by atoms with Gasteiger partial charge < -0.3 is 14.7 Å². The van der Waals surface area contributed by atoms with Crippen LogP contribution in [0.5, 0.6) is 5.75 Å². The van der Waals surface area contributed by atoms with E-state index in [0.717, 1.165) is 30.3 Å². The number of alkyl halides is 3. The van der Waals surface area contributed by atoms with Gasteiger partial charge in [0.05, 0.1) is 36.7 Å². The van der Waals surface area contributed by atoms with E-state index in [2.05, 4.69) is 32.1 Å². The van der Waals surface area contributed by atoms with Gasteiger partial charge in [-0.1, -0.05) is 11.3 Å². The van der Waals surface area contributed by atoms with Gasteiger partial charge in [-0.15, -0.1) is 0 Å². The number of anilines is 2. The van der Waals surface area contributed by atoms with Crippen molar-refractivity contribution < 1.29 is 32.6 Å². The molecule has 4 heterocycles. The van der Waals surface area contributed by atoms with Crippen LogP contribution in [0.2, 0.25) is 0 Å². The van der Waals surface area contributed by atoms with Crippen molar-refractivity contribution >= 4 is 34.2 Å². The summed E-state index contributed by atoms with van der Waals surface area (Å²) in [5, 5.41) is 12.2. The van der Waals surface area contributed by atoms with E-state index < -0.39 is 23.6 Å². The van der Waals surface area contributed by atoms with Gasteiger partial charge in [-0.3, -0.25) is 19.8 Å². The van der Waals surface area contributed by atoms with Gasteiger partial charge in [-0.2, -0.15) is 13.2 Å². The van der Waals surface area contributed by atoms with E-state index in [1.807, 2.05) is 4.90 Å². The zero-order chi connectivity index (χ0) is 30.0. The zero-order valence-electron chi connectivity index (χ0n) is 23.1. The maximum Gasteiger partial charge on any atom is 0.419 e. The number of thiazole rings is 1. The van der Waals surface area contributed by atoms with E-state index in [0.29, 0.717) is 50.0 Å². The van der Waals surface area contributed by atoms with Crippen molar-refractivity contribution in [2.75, 3.05) is 37.0 Å². The molecule has 0 saturated carbocycles. The summed E-state index contributed by atoms with van der Waals surface area (Å²) in [6.07, 6.45) is 1.27. The molecule has 42 heavy (non-hydrogen) atoms. The molecule has 2 saturated heterocycles. The maximum absolute atomic E-state index is 13.8. The third kappa shape index (κ3) is 6.49. The highest BCUT2D eigenvalue weighted by molar-refractivity contribution is 7.16. The number of hydrogen-bond acceptors (Lipinski definition) is 9. The fraction of sp³-hybridized carbons (Fsp3) is 0.464. The van der Waals surface area contributed by atoms with E-state index in [1.165, 1.54) is 43.0 Å². The molecule has 0 aliphatic carbocycles. The maximum atomic E-state index is 13.8. The van der Waals surface area contributed by atoms with Crippen LogP contribution in [0.1, 0.15) is 53.5 Å². The number of halogens is 3. The Morgan fingerprint density at radius 1 is 1.14 bits per heavy atom. The second kappa shape index (κ2) is 12.2. The van der Waals surface area contributed by atoms with E-state index in [4.69, 9.17) is 4.74 Å². The lowest BCUT2D eigenvalue weighted by atomic mass is 9.97. The first-order chi connectivity index (χ1) is 20.0. The molecule has 1 atom stereocenters. The Morgan fingerprint density at radius 3 is 2.50 bits per heavy atom. The minimum atomic E-state index is -4.62. The van der Waals surface area contributed by atoms with Crippen LogP contribution in [-0.2, 0) is 17.5 Å². The molecule has 3 aromatic rings. The van der Waals surface area contributed by atoms with Gasteiger partial charge in [0, 0.05) is 36.1 Å². The molecule has 2 fully saturated rings. The minimum absolute atomic E-state index is 0.0504. The van der Waals surface area contributed by atoms with Crippen molar-refractivity contribution in [1.29, 1.82) is 0 Å². The average Bonchev–Trinajstić information content (AvgIpc) is 3.57. The molecule has 14 heteroatoms. The predicted molar refractivity (Wildman–Crippen MR) is 151 cm³/mol. The summed E-state index contributed by atoms with van der Waals surface area (Å²) in [6.45, 7) is 4.52. The number of nitrogens with one attached hydrogen (secondary N) is 1. The number of nitrogens with zero attached hydrogens (tertiary/aromatic N) is 5. The SMILES string of the molecule is COc1ccc(-c2nc(NC(=O)c3cnc(N4CCC(C(=O)O)CC4)cn3)sc2CN2CCCC2C)cc1C(F)(F)F. The van der Waals surface area contributed by atoms with Crippen LogP contribution in [0.25, 0.3) is 11.3 Å². The van der Waals surface area contributed by atoms with E-state index >= 15 is 0 Å². The van der Waals surface area contributed by atoms with Gasteiger partial charge in [0.25, 0.3) is 5.91 Å².